The van der Waals surface area contributed by atoms with Crippen LogP contribution in [0.1, 0.15) is 48.8 Å². The average molecular weight is 344 g/mol. The van der Waals surface area contributed by atoms with Gasteiger partial charge in [0, 0.05) is 63.3 Å². The van der Waals surface area contributed by atoms with E-state index in [1.807, 2.05) is 17.9 Å². The van der Waals surface area contributed by atoms with Gasteiger partial charge in [-0.15, -0.1) is 0 Å². The van der Waals surface area contributed by atoms with Crippen LogP contribution in [0, 0.1) is 11.3 Å². The first-order valence-corrected chi connectivity index (χ1v) is 9.23. The molecule has 0 aromatic carbocycles. The second-order valence-corrected chi connectivity index (χ2v) is 8.56. The van der Waals surface area contributed by atoms with Crippen molar-refractivity contribution in [1.29, 1.82) is 0 Å². The Labute approximate surface area is 148 Å². The van der Waals surface area contributed by atoms with Gasteiger partial charge in [0.25, 0.3) is 0 Å². The molecule has 136 valence electrons. The van der Waals surface area contributed by atoms with Crippen molar-refractivity contribution in [2.45, 2.75) is 45.6 Å². The van der Waals surface area contributed by atoms with E-state index in [2.05, 4.69) is 35.2 Å². The van der Waals surface area contributed by atoms with Crippen molar-refractivity contribution in [2.24, 2.45) is 18.4 Å². The molecule has 0 radical (unpaired) electrons. The van der Waals surface area contributed by atoms with Gasteiger partial charge in [0.1, 0.15) is 11.5 Å². The van der Waals surface area contributed by atoms with Gasteiger partial charge in [-0.05, 0) is 23.8 Å². The fraction of sp³-hybridized carbons (Fsp3) is 0.684. The fourth-order valence-corrected chi connectivity index (χ4v) is 4.42. The van der Waals surface area contributed by atoms with Gasteiger partial charge in [0.15, 0.2) is 0 Å². The van der Waals surface area contributed by atoms with Gasteiger partial charge in [-0.2, -0.15) is 5.10 Å². The lowest BCUT2D eigenvalue weighted by molar-refractivity contribution is 0.213. The second-order valence-electron chi connectivity index (χ2n) is 8.56. The number of likely N-dealkylation sites (tertiary alicyclic amines) is 1. The number of hydrogen-bond donors (Lipinski definition) is 1. The summed E-state index contributed by atoms with van der Waals surface area (Å²) >= 11 is 0. The fourth-order valence-electron chi connectivity index (χ4n) is 4.42. The number of aliphatic hydroxyl groups is 1. The number of fused-ring (bicyclic) bond motifs is 1. The van der Waals surface area contributed by atoms with E-state index in [9.17, 15) is 5.11 Å². The number of aliphatic hydroxyl groups excluding tert-OH is 1. The van der Waals surface area contributed by atoms with Crippen molar-refractivity contribution in [3.63, 3.8) is 0 Å². The summed E-state index contributed by atoms with van der Waals surface area (Å²) in [5.41, 5.74) is 3.95. The highest BCUT2D eigenvalue weighted by Gasteiger charge is 2.36. The van der Waals surface area contributed by atoms with Crippen molar-refractivity contribution in [3.8, 4) is 0 Å². The Balaban J connectivity index is 1.50. The molecule has 2 aromatic heterocycles. The molecule has 25 heavy (non-hydrogen) atoms. The molecule has 1 aliphatic heterocycles. The van der Waals surface area contributed by atoms with Crippen LogP contribution in [0.25, 0.3) is 0 Å². The van der Waals surface area contributed by atoms with E-state index >= 15 is 0 Å². The third-order valence-electron chi connectivity index (χ3n) is 5.91. The van der Waals surface area contributed by atoms with Crippen molar-refractivity contribution in [2.75, 3.05) is 19.7 Å². The first-order valence-electron chi connectivity index (χ1n) is 9.23. The summed E-state index contributed by atoms with van der Waals surface area (Å²) in [6, 6.07) is 0. The summed E-state index contributed by atoms with van der Waals surface area (Å²) < 4.78 is 7.46. The van der Waals surface area contributed by atoms with E-state index in [1.54, 1.807) is 0 Å². The van der Waals surface area contributed by atoms with Crippen molar-refractivity contribution < 1.29 is 9.63 Å². The summed E-state index contributed by atoms with van der Waals surface area (Å²) in [7, 11) is 1.94. The zero-order valence-corrected chi connectivity index (χ0v) is 15.4. The summed E-state index contributed by atoms with van der Waals surface area (Å²) in [5, 5.41) is 18.5. The Morgan fingerprint density at radius 3 is 2.92 bits per heavy atom. The summed E-state index contributed by atoms with van der Waals surface area (Å²) in [4.78, 5) is 2.40. The van der Waals surface area contributed by atoms with Crippen LogP contribution in [0.4, 0.5) is 0 Å². The minimum absolute atomic E-state index is 0.208. The van der Waals surface area contributed by atoms with Crippen LogP contribution in [-0.4, -0.2) is 44.6 Å². The number of hydrogen-bond acceptors (Lipinski definition) is 5. The lowest BCUT2D eigenvalue weighted by atomic mass is 9.76. The lowest BCUT2D eigenvalue weighted by Gasteiger charge is -2.28. The van der Waals surface area contributed by atoms with Gasteiger partial charge in [0.2, 0.25) is 0 Å². The number of aryl methyl sites for hydroxylation is 2. The molecule has 1 aliphatic carbocycles. The molecule has 6 nitrogen and oxygen atoms in total. The molecule has 1 N–H and O–H groups in total. The van der Waals surface area contributed by atoms with Crippen LogP contribution in [0.15, 0.2) is 16.9 Å². The number of rotatable bonds is 4. The highest BCUT2D eigenvalue weighted by molar-refractivity contribution is 5.27. The first-order chi connectivity index (χ1) is 11.9. The lowest BCUT2D eigenvalue weighted by Crippen LogP contribution is -2.25. The molecule has 2 atom stereocenters. The normalized spacial score (nSPS) is 26.1. The predicted molar refractivity (Wildman–Crippen MR) is 94.1 cm³/mol. The predicted octanol–water partition coefficient (Wildman–Crippen LogP) is 2.13. The monoisotopic (exact) mass is 344 g/mol. The maximum atomic E-state index is 9.82. The molecule has 0 unspecified atom stereocenters. The Hall–Kier alpha value is -1.66. The van der Waals surface area contributed by atoms with Crippen LogP contribution in [0.5, 0.6) is 0 Å². The van der Waals surface area contributed by atoms with Crippen LogP contribution < -0.4 is 0 Å². The molecule has 1 saturated heterocycles. The molecular formula is C19H28N4O2. The Bertz CT molecular complexity index is 748. The standard InChI is InChI=1S/C19H28N4O2/c1-19(2)5-4-18-15(6-19)17(21-25-18)11-23-9-14(12-24)16(10-23)13-7-20-22(3)8-13/h7-8,14,16,24H,4-6,9-12H2,1-3H3/t14-,16-/m0/s1. The SMILES string of the molecule is Cn1cc([C@@H]2CN(Cc3noc4c3CC(C)(C)CC4)C[C@H]2CO)cn1. The second kappa shape index (κ2) is 6.25. The molecular weight excluding hydrogens is 316 g/mol. The van der Waals surface area contributed by atoms with Gasteiger partial charge >= 0.3 is 0 Å². The van der Waals surface area contributed by atoms with E-state index < -0.39 is 0 Å². The van der Waals surface area contributed by atoms with Gasteiger partial charge in [-0.25, -0.2) is 0 Å². The van der Waals surface area contributed by atoms with E-state index in [-0.39, 0.29) is 12.5 Å². The van der Waals surface area contributed by atoms with Crippen LogP contribution in [-0.2, 0) is 26.4 Å². The molecule has 0 amide bonds. The largest absolute Gasteiger partial charge is 0.396 e. The quantitative estimate of drug-likeness (QED) is 0.920. The molecule has 0 saturated carbocycles. The van der Waals surface area contributed by atoms with E-state index in [4.69, 9.17) is 4.52 Å². The van der Waals surface area contributed by atoms with Crippen molar-refractivity contribution in [3.05, 3.63) is 35.0 Å². The average Bonchev–Trinajstić information content (AvgIpc) is 3.26. The summed E-state index contributed by atoms with van der Waals surface area (Å²) in [5.74, 6) is 1.66. The maximum absolute atomic E-state index is 9.82. The molecule has 6 heteroatoms. The molecule has 0 spiro atoms. The van der Waals surface area contributed by atoms with Gasteiger partial charge < -0.3 is 9.63 Å². The zero-order valence-electron chi connectivity index (χ0n) is 15.4. The van der Waals surface area contributed by atoms with Crippen molar-refractivity contribution in [1.82, 2.24) is 19.8 Å². The number of nitrogens with zero attached hydrogens (tertiary/aromatic N) is 4. The van der Waals surface area contributed by atoms with Gasteiger partial charge in [-0.1, -0.05) is 19.0 Å². The Kier molecular flexibility index (Phi) is 4.20. The van der Waals surface area contributed by atoms with Crippen molar-refractivity contribution >= 4 is 0 Å². The molecule has 4 rings (SSSR count). The molecule has 1 fully saturated rings. The topological polar surface area (TPSA) is 67.3 Å². The van der Waals surface area contributed by atoms with Gasteiger partial charge in [-0.3, -0.25) is 9.58 Å². The molecule has 2 aliphatic rings. The minimum atomic E-state index is 0.208. The number of aromatic nitrogens is 3. The highest BCUT2D eigenvalue weighted by Crippen LogP contribution is 2.38. The summed E-state index contributed by atoms with van der Waals surface area (Å²) in [6.45, 7) is 7.48. The highest BCUT2D eigenvalue weighted by atomic mass is 16.5. The summed E-state index contributed by atoms with van der Waals surface area (Å²) in [6.07, 6.45) is 7.19. The van der Waals surface area contributed by atoms with Crippen LogP contribution in [0.2, 0.25) is 0 Å². The van der Waals surface area contributed by atoms with E-state index in [0.717, 1.165) is 50.4 Å². The zero-order chi connectivity index (χ0) is 17.6. The molecule has 3 heterocycles. The third-order valence-corrected chi connectivity index (χ3v) is 5.91. The molecule has 2 aromatic rings. The van der Waals surface area contributed by atoms with Crippen LogP contribution >= 0.6 is 0 Å². The first kappa shape index (κ1) is 16.8. The third kappa shape index (κ3) is 3.25. The molecule has 0 bridgehead atoms. The van der Waals surface area contributed by atoms with E-state index in [1.165, 1.54) is 11.1 Å². The minimum Gasteiger partial charge on any atom is -0.396 e. The smallest absolute Gasteiger partial charge is 0.140 e. The van der Waals surface area contributed by atoms with E-state index in [0.29, 0.717) is 11.3 Å². The Morgan fingerprint density at radius 2 is 2.20 bits per heavy atom. The van der Waals surface area contributed by atoms with Crippen LogP contribution in [0.3, 0.4) is 0 Å². The Morgan fingerprint density at radius 1 is 1.36 bits per heavy atom. The van der Waals surface area contributed by atoms with Gasteiger partial charge in [0.05, 0.1) is 6.20 Å². The maximum Gasteiger partial charge on any atom is 0.140 e.